The van der Waals surface area contributed by atoms with Crippen LogP contribution in [-0.4, -0.2) is 21.1 Å². The molecule has 2 aliphatic carbocycles. The first-order valence-electron chi connectivity index (χ1n) is 7.35. The zero-order valence-electron chi connectivity index (χ0n) is 11.3. The van der Waals surface area contributed by atoms with Gasteiger partial charge in [0.25, 0.3) is 0 Å². The minimum atomic E-state index is 0.772. The van der Waals surface area contributed by atoms with E-state index in [1.54, 1.807) is 0 Å². The van der Waals surface area contributed by atoms with Gasteiger partial charge in [-0.25, -0.2) is 4.52 Å². The van der Waals surface area contributed by atoms with E-state index in [0.717, 1.165) is 35.9 Å². The Morgan fingerprint density at radius 2 is 2.32 bits per heavy atom. The molecular formula is C15H20N4. The van der Waals surface area contributed by atoms with Gasteiger partial charge in [-0.2, -0.15) is 4.98 Å². The maximum absolute atomic E-state index is 4.54. The number of rotatable bonds is 3. The molecule has 2 aromatic heterocycles. The predicted molar refractivity (Wildman–Crippen MR) is 75.2 cm³/mol. The first kappa shape index (κ1) is 11.3. The van der Waals surface area contributed by atoms with Gasteiger partial charge in [0.1, 0.15) is 0 Å². The maximum Gasteiger partial charge on any atom is 0.243 e. The Labute approximate surface area is 113 Å². The lowest BCUT2D eigenvalue weighted by molar-refractivity contribution is 0.348. The fraction of sp³-hybridized carbons (Fsp3) is 0.600. The molecule has 2 heterocycles. The van der Waals surface area contributed by atoms with Crippen LogP contribution in [0.5, 0.6) is 0 Å². The molecular weight excluding hydrogens is 236 g/mol. The molecule has 0 spiro atoms. The molecule has 2 saturated carbocycles. The van der Waals surface area contributed by atoms with E-state index in [-0.39, 0.29) is 0 Å². The van der Waals surface area contributed by atoms with Crippen LogP contribution in [0.3, 0.4) is 0 Å². The van der Waals surface area contributed by atoms with Crippen molar-refractivity contribution in [2.75, 3.05) is 11.9 Å². The molecule has 19 heavy (non-hydrogen) atoms. The molecule has 0 aromatic carbocycles. The van der Waals surface area contributed by atoms with Crippen molar-refractivity contribution in [3.05, 3.63) is 23.9 Å². The van der Waals surface area contributed by atoms with Crippen LogP contribution in [0.4, 0.5) is 5.95 Å². The number of fused-ring (bicyclic) bond motifs is 3. The summed E-state index contributed by atoms with van der Waals surface area (Å²) in [5, 5.41) is 7.91. The summed E-state index contributed by atoms with van der Waals surface area (Å²) in [6.07, 6.45) is 7.75. The summed E-state index contributed by atoms with van der Waals surface area (Å²) in [6.45, 7) is 3.12. The second-order valence-electron chi connectivity index (χ2n) is 6.26. The molecule has 0 radical (unpaired) electrons. The molecule has 2 aromatic rings. The highest BCUT2D eigenvalue weighted by molar-refractivity contribution is 5.45. The normalized spacial score (nSPS) is 29.2. The molecule has 0 saturated heterocycles. The summed E-state index contributed by atoms with van der Waals surface area (Å²) in [6, 6.07) is 4.12. The molecule has 1 N–H and O–H groups in total. The van der Waals surface area contributed by atoms with E-state index < -0.39 is 0 Å². The van der Waals surface area contributed by atoms with Crippen LogP contribution in [0.2, 0.25) is 0 Å². The molecule has 4 heteroatoms. The number of hydrogen-bond donors (Lipinski definition) is 1. The Hall–Kier alpha value is -1.58. The van der Waals surface area contributed by atoms with Crippen molar-refractivity contribution in [3.63, 3.8) is 0 Å². The lowest BCUT2D eigenvalue weighted by Gasteiger charge is -2.21. The lowest BCUT2D eigenvalue weighted by atomic mass is 9.89. The van der Waals surface area contributed by atoms with Gasteiger partial charge in [-0.15, -0.1) is 5.10 Å². The third-order valence-corrected chi connectivity index (χ3v) is 4.90. The molecule has 3 unspecified atom stereocenters. The largest absolute Gasteiger partial charge is 0.353 e. The van der Waals surface area contributed by atoms with Crippen LogP contribution in [0, 0.1) is 24.7 Å². The van der Waals surface area contributed by atoms with Crippen molar-refractivity contribution in [2.45, 2.75) is 32.6 Å². The van der Waals surface area contributed by atoms with Gasteiger partial charge in [0.2, 0.25) is 5.95 Å². The van der Waals surface area contributed by atoms with Crippen LogP contribution in [0.1, 0.15) is 31.2 Å². The van der Waals surface area contributed by atoms with Gasteiger partial charge in [-0.05, 0) is 61.6 Å². The van der Waals surface area contributed by atoms with Crippen molar-refractivity contribution in [2.24, 2.45) is 17.8 Å². The van der Waals surface area contributed by atoms with E-state index in [0.29, 0.717) is 0 Å². The third kappa shape index (κ3) is 1.99. The van der Waals surface area contributed by atoms with Gasteiger partial charge in [0, 0.05) is 12.7 Å². The molecule has 2 bridgehead atoms. The van der Waals surface area contributed by atoms with Crippen molar-refractivity contribution < 1.29 is 0 Å². The molecule has 0 amide bonds. The van der Waals surface area contributed by atoms with E-state index in [1.807, 2.05) is 10.7 Å². The molecule has 3 atom stereocenters. The van der Waals surface area contributed by atoms with Crippen LogP contribution in [-0.2, 0) is 0 Å². The monoisotopic (exact) mass is 256 g/mol. The second-order valence-corrected chi connectivity index (χ2v) is 6.26. The van der Waals surface area contributed by atoms with Gasteiger partial charge < -0.3 is 5.32 Å². The van der Waals surface area contributed by atoms with Crippen molar-refractivity contribution in [1.29, 1.82) is 0 Å². The average molecular weight is 256 g/mol. The lowest BCUT2D eigenvalue weighted by Crippen LogP contribution is -2.20. The second kappa shape index (κ2) is 4.22. The van der Waals surface area contributed by atoms with E-state index >= 15 is 0 Å². The first-order chi connectivity index (χ1) is 9.28. The summed E-state index contributed by atoms with van der Waals surface area (Å²) in [4.78, 5) is 4.54. The Balaban J connectivity index is 1.46. The molecule has 4 nitrogen and oxygen atoms in total. The van der Waals surface area contributed by atoms with Crippen molar-refractivity contribution in [1.82, 2.24) is 14.6 Å². The standard InChI is InChI=1S/C15H20N4/c1-10-4-5-19-14(6-10)17-15(18-19)16-9-13-8-11-2-3-12(13)7-11/h4-6,11-13H,2-3,7-9H2,1H3,(H,16,18). The van der Waals surface area contributed by atoms with E-state index in [9.17, 15) is 0 Å². The molecule has 2 fully saturated rings. The summed E-state index contributed by atoms with van der Waals surface area (Å²) in [5.41, 5.74) is 2.15. The molecule has 100 valence electrons. The summed E-state index contributed by atoms with van der Waals surface area (Å²) in [5.74, 6) is 3.57. The molecule has 0 aliphatic heterocycles. The molecule has 4 rings (SSSR count). The van der Waals surface area contributed by atoms with Gasteiger partial charge in [-0.1, -0.05) is 6.42 Å². The fourth-order valence-electron chi connectivity index (χ4n) is 3.91. The van der Waals surface area contributed by atoms with Gasteiger partial charge in [0.15, 0.2) is 5.65 Å². The Kier molecular flexibility index (Phi) is 2.50. The van der Waals surface area contributed by atoms with Crippen LogP contribution >= 0.6 is 0 Å². The Morgan fingerprint density at radius 1 is 1.37 bits per heavy atom. The van der Waals surface area contributed by atoms with Crippen molar-refractivity contribution in [3.8, 4) is 0 Å². The zero-order valence-corrected chi connectivity index (χ0v) is 11.3. The number of nitrogens with one attached hydrogen (secondary N) is 1. The number of nitrogens with zero attached hydrogens (tertiary/aromatic N) is 3. The maximum atomic E-state index is 4.54. The fourth-order valence-corrected chi connectivity index (χ4v) is 3.91. The summed E-state index contributed by atoms with van der Waals surface area (Å²) >= 11 is 0. The first-order valence-corrected chi connectivity index (χ1v) is 7.35. The van der Waals surface area contributed by atoms with Gasteiger partial charge >= 0.3 is 0 Å². The highest BCUT2D eigenvalue weighted by atomic mass is 15.3. The SMILES string of the molecule is Cc1ccn2nc(NCC3CC4CCC3C4)nc2c1. The quantitative estimate of drug-likeness (QED) is 0.918. The number of anilines is 1. The summed E-state index contributed by atoms with van der Waals surface area (Å²) < 4.78 is 1.84. The minimum Gasteiger partial charge on any atom is -0.353 e. The van der Waals surface area contributed by atoms with Crippen LogP contribution in [0.25, 0.3) is 5.65 Å². The highest BCUT2D eigenvalue weighted by Gasteiger charge is 2.39. The van der Waals surface area contributed by atoms with Gasteiger partial charge in [-0.3, -0.25) is 0 Å². The smallest absolute Gasteiger partial charge is 0.243 e. The zero-order chi connectivity index (χ0) is 12.8. The number of pyridine rings is 1. The number of aromatic nitrogens is 3. The van der Waals surface area contributed by atoms with Gasteiger partial charge in [0.05, 0.1) is 0 Å². The minimum absolute atomic E-state index is 0.772. The predicted octanol–water partition coefficient (Wildman–Crippen LogP) is 2.89. The van der Waals surface area contributed by atoms with E-state index in [1.165, 1.54) is 31.2 Å². The highest BCUT2D eigenvalue weighted by Crippen LogP contribution is 2.48. The van der Waals surface area contributed by atoms with E-state index in [4.69, 9.17) is 0 Å². The molecule has 2 aliphatic rings. The average Bonchev–Trinajstić information content (AvgIpc) is 3.09. The Bertz CT molecular complexity index is 603. The number of hydrogen-bond acceptors (Lipinski definition) is 3. The summed E-state index contributed by atoms with van der Waals surface area (Å²) in [7, 11) is 0. The third-order valence-electron chi connectivity index (χ3n) is 4.90. The van der Waals surface area contributed by atoms with Crippen LogP contribution < -0.4 is 5.32 Å². The topological polar surface area (TPSA) is 42.2 Å². The van der Waals surface area contributed by atoms with Crippen molar-refractivity contribution >= 4 is 11.6 Å². The number of aryl methyl sites for hydroxylation is 1. The van der Waals surface area contributed by atoms with E-state index in [2.05, 4.69) is 34.5 Å². The van der Waals surface area contributed by atoms with Crippen LogP contribution in [0.15, 0.2) is 18.3 Å². The Morgan fingerprint density at radius 3 is 3.11 bits per heavy atom.